The smallest absolute Gasteiger partial charge is 0.264 e. The van der Waals surface area contributed by atoms with Gasteiger partial charge in [-0.25, -0.2) is 0 Å². The maximum atomic E-state index is 12.8. The number of aryl methyl sites for hydroxylation is 1. The van der Waals surface area contributed by atoms with Gasteiger partial charge in [-0.2, -0.15) is 0 Å². The molecule has 1 fully saturated rings. The van der Waals surface area contributed by atoms with E-state index in [1.54, 1.807) is 17.6 Å². The van der Waals surface area contributed by atoms with Crippen molar-refractivity contribution in [2.75, 3.05) is 26.2 Å². The Kier molecular flexibility index (Phi) is 4.46. The third-order valence-electron chi connectivity index (χ3n) is 5.16. The van der Waals surface area contributed by atoms with E-state index in [1.807, 2.05) is 17.0 Å². The van der Waals surface area contributed by atoms with Crippen molar-refractivity contribution in [3.63, 3.8) is 0 Å². The molecule has 0 aromatic carbocycles. The fourth-order valence-electron chi connectivity index (χ4n) is 3.70. The van der Waals surface area contributed by atoms with Gasteiger partial charge >= 0.3 is 0 Å². The minimum absolute atomic E-state index is 0.222. The Hall–Kier alpha value is -1.59. The molecule has 4 nitrogen and oxygen atoms in total. The largest absolute Gasteiger partial charge is 0.468 e. The quantitative estimate of drug-likeness (QED) is 0.856. The molecular formula is C19H24N2O2S. The SMILES string of the molecule is C[C@@H]1CCc2sc(C(=O)N3CCN(Cc4ccco4)CC3)cc2C1. The van der Waals surface area contributed by atoms with Gasteiger partial charge in [-0.3, -0.25) is 9.69 Å². The highest BCUT2D eigenvalue weighted by atomic mass is 32.1. The average molecular weight is 344 g/mol. The van der Waals surface area contributed by atoms with Gasteiger partial charge in [0.25, 0.3) is 5.91 Å². The summed E-state index contributed by atoms with van der Waals surface area (Å²) in [5.41, 5.74) is 1.42. The van der Waals surface area contributed by atoms with Crippen LogP contribution in [0.15, 0.2) is 28.9 Å². The molecule has 24 heavy (non-hydrogen) atoms. The Labute approximate surface area is 147 Å². The minimum atomic E-state index is 0.222. The number of rotatable bonds is 3. The van der Waals surface area contributed by atoms with E-state index in [0.717, 1.165) is 62.1 Å². The van der Waals surface area contributed by atoms with Crippen LogP contribution in [-0.4, -0.2) is 41.9 Å². The van der Waals surface area contributed by atoms with Crippen molar-refractivity contribution in [2.45, 2.75) is 32.7 Å². The van der Waals surface area contributed by atoms with Gasteiger partial charge in [0.1, 0.15) is 5.76 Å². The molecule has 1 amide bonds. The van der Waals surface area contributed by atoms with Crippen LogP contribution in [0.3, 0.4) is 0 Å². The third kappa shape index (κ3) is 3.28. The molecule has 2 aliphatic rings. The Balaban J connectivity index is 1.36. The number of carbonyl (C=O) groups excluding carboxylic acids is 1. The van der Waals surface area contributed by atoms with Crippen molar-refractivity contribution in [3.05, 3.63) is 45.5 Å². The second-order valence-electron chi connectivity index (χ2n) is 7.05. The Morgan fingerprint density at radius 2 is 2.17 bits per heavy atom. The number of hydrogen-bond acceptors (Lipinski definition) is 4. The van der Waals surface area contributed by atoms with Gasteiger partial charge in [0, 0.05) is 31.1 Å². The van der Waals surface area contributed by atoms with E-state index in [-0.39, 0.29) is 5.91 Å². The van der Waals surface area contributed by atoms with Crippen LogP contribution in [0, 0.1) is 5.92 Å². The van der Waals surface area contributed by atoms with Crippen LogP contribution in [0.25, 0.3) is 0 Å². The van der Waals surface area contributed by atoms with Gasteiger partial charge < -0.3 is 9.32 Å². The number of fused-ring (bicyclic) bond motifs is 1. The van der Waals surface area contributed by atoms with Crippen LogP contribution in [0.1, 0.15) is 39.2 Å². The van der Waals surface area contributed by atoms with Crippen LogP contribution in [-0.2, 0) is 19.4 Å². The number of piperazine rings is 1. The standard InChI is InChI=1S/C19H24N2O2S/c1-14-4-5-17-15(11-14)12-18(24-17)19(22)21-8-6-20(7-9-21)13-16-3-2-10-23-16/h2-3,10,12,14H,4-9,11,13H2,1H3/t14-/m1/s1. The Bertz CT molecular complexity index is 699. The number of thiophene rings is 1. The van der Waals surface area contributed by atoms with E-state index >= 15 is 0 Å². The summed E-state index contributed by atoms with van der Waals surface area (Å²) in [5.74, 6) is 1.97. The first-order chi connectivity index (χ1) is 11.7. The molecular weight excluding hydrogens is 320 g/mol. The van der Waals surface area contributed by atoms with Gasteiger partial charge in [-0.1, -0.05) is 6.92 Å². The lowest BCUT2D eigenvalue weighted by molar-refractivity contribution is 0.0625. The summed E-state index contributed by atoms with van der Waals surface area (Å²) in [6, 6.07) is 6.09. The maximum absolute atomic E-state index is 12.8. The molecule has 0 unspecified atom stereocenters. The van der Waals surface area contributed by atoms with E-state index in [9.17, 15) is 4.79 Å². The lowest BCUT2D eigenvalue weighted by Crippen LogP contribution is -2.48. The molecule has 2 aromatic rings. The minimum Gasteiger partial charge on any atom is -0.468 e. The Morgan fingerprint density at radius 1 is 1.33 bits per heavy atom. The molecule has 0 radical (unpaired) electrons. The Morgan fingerprint density at radius 3 is 2.92 bits per heavy atom. The third-order valence-corrected chi connectivity index (χ3v) is 6.38. The monoisotopic (exact) mass is 344 g/mol. The molecule has 4 rings (SSSR count). The lowest BCUT2D eigenvalue weighted by atomic mass is 9.90. The summed E-state index contributed by atoms with van der Waals surface area (Å²) in [5, 5.41) is 0. The van der Waals surface area contributed by atoms with Gasteiger partial charge in [-0.15, -0.1) is 11.3 Å². The molecule has 1 atom stereocenters. The lowest BCUT2D eigenvalue weighted by Gasteiger charge is -2.34. The van der Waals surface area contributed by atoms with E-state index < -0.39 is 0 Å². The molecule has 0 N–H and O–H groups in total. The van der Waals surface area contributed by atoms with Crippen molar-refractivity contribution in [1.29, 1.82) is 0 Å². The first-order valence-corrected chi connectivity index (χ1v) is 9.66. The highest BCUT2D eigenvalue weighted by Crippen LogP contribution is 2.32. The van der Waals surface area contributed by atoms with Crippen LogP contribution >= 0.6 is 11.3 Å². The molecule has 1 aliphatic heterocycles. The van der Waals surface area contributed by atoms with Crippen molar-refractivity contribution in [1.82, 2.24) is 9.80 Å². The predicted molar refractivity (Wildman–Crippen MR) is 95.4 cm³/mol. The fraction of sp³-hybridized carbons (Fsp3) is 0.526. The summed E-state index contributed by atoms with van der Waals surface area (Å²) in [6.45, 7) is 6.57. The zero-order valence-corrected chi connectivity index (χ0v) is 15.0. The molecule has 1 saturated heterocycles. The molecule has 128 valence electrons. The van der Waals surface area contributed by atoms with Crippen LogP contribution in [0.4, 0.5) is 0 Å². The number of amides is 1. The summed E-state index contributed by atoms with van der Waals surface area (Å²) >= 11 is 1.72. The first kappa shape index (κ1) is 15.9. The average Bonchev–Trinajstić information content (AvgIpc) is 3.24. The second kappa shape index (κ2) is 6.73. The van der Waals surface area contributed by atoms with Gasteiger partial charge in [0.15, 0.2) is 0 Å². The molecule has 3 heterocycles. The second-order valence-corrected chi connectivity index (χ2v) is 8.19. The predicted octanol–water partition coefficient (Wildman–Crippen LogP) is 3.42. The van der Waals surface area contributed by atoms with Gasteiger partial charge in [0.05, 0.1) is 17.7 Å². The highest BCUT2D eigenvalue weighted by Gasteiger charge is 2.26. The number of carbonyl (C=O) groups is 1. The molecule has 1 aliphatic carbocycles. The van der Waals surface area contributed by atoms with Crippen molar-refractivity contribution in [3.8, 4) is 0 Å². The summed E-state index contributed by atoms with van der Waals surface area (Å²) in [6.07, 6.45) is 5.25. The van der Waals surface area contributed by atoms with E-state index in [4.69, 9.17) is 4.42 Å². The van der Waals surface area contributed by atoms with E-state index in [0.29, 0.717) is 0 Å². The van der Waals surface area contributed by atoms with Crippen molar-refractivity contribution < 1.29 is 9.21 Å². The first-order valence-electron chi connectivity index (χ1n) is 8.84. The zero-order chi connectivity index (χ0) is 16.5. The number of furan rings is 1. The van der Waals surface area contributed by atoms with Gasteiger partial charge in [-0.05, 0) is 48.9 Å². The van der Waals surface area contributed by atoms with Crippen LogP contribution in [0.5, 0.6) is 0 Å². The summed E-state index contributed by atoms with van der Waals surface area (Å²) in [7, 11) is 0. The molecule has 2 aromatic heterocycles. The van der Waals surface area contributed by atoms with Crippen molar-refractivity contribution in [2.24, 2.45) is 5.92 Å². The summed E-state index contributed by atoms with van der Waals surface area (Å²) in [4.78, 5) is 19.6. The van der Waals surface area contributed by atoms with Crippen LogP contribution in [0.2, 0.25) is 0 Å². The summed E-state index contributed by atoms with van der Waals surface area (Å²) < 4.78 is 5.41. The maximum Gasteiger partial charge on any atom is 0.264 e. The molecule has 5 heteroatoms. The van der Waals surface area contributed by atoms with Crippen LogP contribution < -0.4 is 0 Å². The molecule has 0 spiro atoms. The zero-order valence-electron chi connectivity index (χ0n) is 14.2. The topological polar surface area (TPSA) is 36.7 Å². The van der Waals surface area contributed by atoms with E-state index in [2.05, 4.69) is 17.9 Å². The van der Waals surface area contributed by atoms with E-state index in [1.165, 1.54) is 16.9 Å². The highest BCUT2D eigenvalue weighted by molar-refractivity contribution is 7.14. The number of nitrogens with zero attached hydrogens (tertiary/aromatic N) is 2. The van der Waals surface area contributed by atoms with Gasteiger partial charge in [0.2, 0.25) is 0 Å². The fourth-order valence-corrected chi connectivity index (χ4v) is 4.88. The molecule has 0 bridgehead atoms. The normalized spacial score (nSPS) is 21.7. The molecule has 0 saturated carbocycles. The number of hydrogen-bond donors (Lipinski definition) is 0. The van der Waals surface area contributed by atoms with Crippen molar-refractivity contribution >= 4 is 17.2 Å².